The van der Waals surface area contributed by atoms with Crippen LogP contribution in [0.15, 0.2) is 30.0 Å². The van der Waals surface area contributed by atoms with E-state index in [4.69, 9.17) is 11.6 Å². The second kappa shape index (κ2) is 9.42. The lowest BCUT2D eigenvalue weighted by molar-refractivity contribution is -0.121. The molecule has 0 bridgehead atoms. The lowest BCUT2D eigenvalue weighted by Crippen LogP contribution is -2.10. The summed E-state index contributed by atoms with van der Waals surface area (Å²) in [7, 11) is 0. The lowest BCUT2D eigenvalue weighted by Gasteiger charge is -2.10. The molecule has 0 saturated carbocycles. The summed E-state index contributed by atoms with van der Waals surface area (Å²) in [5, 5.41) is 3.79. The van der Waals surface area contributed by atoms with Crippen LogP contribution in [0.4, 0.5) is 5.69 Å². The molecule has 22 heavy (non-hydrogen) atoms. The molecule has 3 nitrogen and oxygen atoms in total. The molecule has 1 aromatic carbocycles. The lowest BCUT2D eigenvalue weighted by atomic mass is 10.0. The average Bonchev–Trinajstić information content (AvgIpc) is 2.47. The van der Waals surface area contributed by atoms with Gasteiger partial charge in [-0.25, -0.2) is 0 Å². The molecule has 0 fully saturated rings. The number of nitrogens with one attached hydrogen (secondary N) is 1. The third-order valence-corrected chi connectivity index (χ3v) is 3.83. The van der Waals surface area contributed by atoms with Crippen molar-refractivity contribution < 1.29 is 9.59 Å². The molecule has 4 heteroatoms. The summed E-state index contributed by atoms with van der Waals surface area (Å²) in [5.74, 6) is 0.127. The number of ketones is 2. The number of hydrogen-bond donors (Lipinski definition) is 1. The summed E-state index contributed by atoms with van der Waals surface area (Å²) in [4.78, 5) is 24.0. The van der Waals surface area contributed by atoms with Crippen LogP contribution in [-0.2, 0) is 9.59 Å². The highest BCUT2D eigenvalue weighted by Gasteiger charge is 2.13. The minimum absolute atomic E-state index is 0.0270. The van der Waals surface area contributed by atoms with Gasteiger partial charge in [0.2, 0.25) is 0 Å². The Morgan fingerprint density at radius 2 is 1.86 bits per heavy atom. The van der Waals surface area contributed by atoms with Gasteiger partial charge in [-0.2, -0.15) is 0 Å². The highest BCUT2D eigenvalue weighted by Crippen LogP contribution is 2.23. The van der Waals surface area contributed by atoms with E-state index in [0.29, 0.717) is 23.4 Å². The van der Waals surface area contributed by atoms with Crippen LogP contribution in [-0.4, -0.2) is 11.6 Å². The molecule has 0 radical (unpaired) electrons. The normalized spacial score (nSPS) is 11.4. The first kappa shape index (κ1) is 18.4. The van der Waals surface area contributed by atoms with E-state index in [1.54, 1.807) is 6.20 Å². The van der Waals surface area contributed by atoms with Crippen molar-refractivity contribution in [3.63, 3.8) is 0 Å². The third-order valence-electron chi connectivity index (χ3n) is 3.42. The standard InChI is InChI=1S/C18H24ClNO2/c1-4-7-15(21)11-14(18(22)8-5-2)12-20-17-10-6-9-16(19)13(17)3/h6,9-10,12,20H,4-5,7-8,11H2,1-3H3/b14-12+. The molecule has 120 valence electrons. The first-order valence-corrected chi connectivity index (χ1v) is 8.12. The highest BCUT2D eigenvalue weighted by molar-refractivity contribution is 6.31. The topological polar surface area (TPSA) is 46.2 Å². The molecule has 0 amide bonds. The fourth-order valence-corrected chi connectivity index (χ4v) is 2.30. The van der Waals surface area contributed by atoms with E-state index in [1.165, 1.54) is 0 Å². The number of carbonyl (C=O) groups is 2. The van der Waals surface area contributed by atoms with E-state index in [9.17, 15) is 9.59 Å². The van der Waals surface area contributed by atoms with Gasteiger partial charge in [-0.1, -0.05) is 31.5 Å². The Bertz CT molecular complexity index is 564. The number of allylic oxidation sites excluding steroid dienone is 1. The van der Waals surface area contributed by atoms with Gasteiger partial charge in [0.25, 0.3) is 0 Å². The monoisotopic (exact) mass is 321 g/mol. The minimum atomic E-state index is 0.0270. The number of hydrogen-bond acceptors (Lipinski definition) is 3. The average molecular weight is 322 g/mol. The number of carbonyl (C=O) groups excluding carboxylic acids is 2. The Morgan fingerprint density at radius 1 is 1.18 bits per heavy atom. The zero-order valence-electron chi connectivity index (χ0n) is 13.5. The first-order valence-electron chi connectivity index (χ1n) is 7.75. The van der Waals surface area contributed by atoms with E-state index in [1.807, 2.05) is 39.0 Å². The summed E-state index contributed by atoms with van der Waals surface area (Å²) in [6.07, 6.45) is 4.39. The van der Waals surface area contributed by atoms with Crippen LogP contribution < -0.4 is 5.32 Å². The van der Waals surface area contributed by atoms with Gasteiger partial charge in [-0.3, -0.25) is 9.59 Å². The molecule has 1 rings (SSSR count). The zero-order chi connectivity index (χ0) is 16.5. The maximum absolute atomic E-state index is 12.2. The van der Waals surface area contributed by atoms with Crippen molar-refractivity contribution in [1.29, 1.82) is 0 Å². The maximum atomic E-state index is 12.2. The summed E-state index contributed by atoms with van der Waals surface area (Å²) in [6, 6.07) is 5.56. The number of rotatable bonds is 9. The molecular formula is C18H24ClNO2. The van der Waals surface area contributed by atoms with Crippen LogP contribution in [0.3, 0.4) is 0 Å². The second-order valence-corrected chi connectivity index (χ2v) is 5.77. The molecule has 0 aromatic heterocycles. The van der Waals surface area contributed by atoms with Crippen molar-refractivity contribution in [2.24, 2.45) is 0 Å². The molecule has 0 atom stereocenters. The number of halogens is 1. The second-order valence-electron chi connectivity index (χ2n) is 5.36. The van der Waals surface area contributed by atoms with Crippen LogP contribution in [0.1, 0.15) is 51.5 Å². The summed E-state index contributed by atoms with van der Waals surface area (Å²) in [6.45, 7) is 5.83. The fourth-order valence-electron chi connectivity index (χ4n) is 2.13. The van der Waals surface area contributed by atoms with Gasteiger partial charge in [0.1, 0.15) is 5.78 Å². The molecule has 0 aliphatic heterocycles. The van der Waals surface area contributed by atoms with Crippen molar-refractivity contribution in [1.82, 2.24) is 0 Å². The Balaban J connectivity index is 2.92. The van der Waals surface area contributed by atoms with Gasteiger partial charge >= 0.3 is 0 Å². The Hall–Kier alpha value is -1.61. The predicted octanol–water partition coefficient (Wildman–Crippen LogP) is 5.07. The van der Waals surface area contributed by atoms with E-state index < -0.39 is 0 Å². The Morgan fingerprint density at radius 3 is 2.50 bits per heavy atom. The SMILES string of the molecule is CCCC(=O)C/C(=C\Nc1cccc(Cl)c1C)C(=O)CCC. The highest BCUT2D eigenvalue weighted by atomic mass is 35.5. The van der Waals surface area contributed by atoms with Gasteiger partial charge in [-0.15, -0.1) is 0 Å². The molecule has 0 aliphatic carbocycles. The van der Waals surface area contributed by atoms with E-state index in [0.717, 1.165) is 24.1 Å². The Kier molecular flexibility index (Phi) is 7.89. The molecule has 0 heterocycles. The summed E-state index contributed by atoms with van der Waals surface area (Å²) >= 11 is 6.09. The van der Waals surface area contributed by atoms with Gasteiger partial charge in [0.05, 0.1) is 0 Å². The van der Waals surface area contributed by atoms with Crippen LogP contribution in [0.25, 0.3) is 0 Å². The van der Waals surface area contributed by atoms with Crippen LogP contribution >= 0.6 is 11.6 Å². The summed E-state index contributed by atoms with van der Waals surface area (Å²) in [5.41, 5.74) is 2.31. The molecule has 1 N–H and O–H groups in total. The number of Topliss-reactive ketones (excluding diaryl/α,β-unsaturated/α-hetero) is 2. The van der Waals surface area contributed by atoms with Gasteiger partial charge in [0, 0.05) is 41.7 Å². The fraction of sp³-hybridized carbons (Fsp3) is 0.444. The van der Waals surface area contributed by atoms with Gasteiger partial charge < -0.3 is 5.32 Å². The smallest absolute Gasteiger partial charge is 0.160 e. The minimum Gasteiger partial charge on any atom is -0.361 e. The maximum Gasteiger partial charge on any atom is 0.160 e. The molecule has 0 saturated heterocycles. The zero-order valence-corrected chi connectivity index (χ0v) is 14.3. The van der Waals surface area contributed by atoms with E-state index in [-0.39, 0.29) is 18.0 Å². The third kappa shape index (κ3) is 5.64. The van der Waals surface area contributed by atoms with Crippen molar-refractivity contribution in [2.45, 2.75) is 52.9 Å². The number of benzene rings is 1. The van der Waals surface area contributed by atoms with E-state index >= 15 is 0 Å². The van der Waals surface area contributed by atoms with Crippen molar-refractivity contribution in [3.05, 3.63) is 40.6 Å². The molecule has 0 unspecified atom stereocenters. The Labute approximate surface area is 137 Å². The number of anilines is 1. The molecular weight excluding hydrogens is 298 g/mol. The largest absolute Gasteiger partial charge is 0.361 e. The molecule has 0 aliphatic rings. The van der Waals surface area contributed by atoms with Crippen molar-refractivity contribution in [2.75, 3.05) is 5.32 Å². The van der Waals surface area contributed by atoms with Crippen LogP contribution in [0, 0.1) is 6.92 Å². The quantitative estimate of drug-likeness (QED) is 0.646. The molecule has 0 spiro atoms. The van der Waals surface area contributed by atoms with E-state index in [2.05, 4.69) is 5.32 Å². The predicted molar refractivity (Wildman–Crippen MR) is 92.3 cm³/mol. The van der Waals surface area contributed by atoms with Gasteiger partial charge in [0.15, 0.2) is 5.78 Å². The van der Waals surface area contributed by atoms with Crippen molar-refractivity contribution in [3.8, 4) is 0 Å². The first-order chi connectivity index (χ1) is 10.5. The van der Waals surface area contributed by atoms with Crippen LogP contribution in [0.5, 0.6) is 0 Å². The van der Waals surface area contributed by atoms with Gasteiger partial charge in [-0.05, 0) is 37.5 Å². The van der Waals surface area contributed by atoms with Crippen LogP contribution in [0.2, 0.25) is 5.02 Å². The summed E-state index contributed by atoms with van der Waals surface area (Å²) < 4.78 is 0. The molecule has 1 aromatic rings. The van der Waals surface area contributed by atoms with Crippen molar-refractivity contribution >= 4 is 28.9 Å².